The molecule has 0 bridgehead atoms. The van der Waals surface area contributed by atoms with Gasteiger partial charge in [-0.05, 0) is 57.1 Å². The second kappa shape index (κ2) is 9.13. The highest BCUT2D eigenvalue weighted by Gasteiger charge is 2.30. The van der Waals surface area contributed by atoms with E-state index in [0.717, 1.165) is 19.3 Å². The Bertz CT molecular complexity index is 1190. The lowest BCUT2D eigenvalue weighted by Gasteiger charge is -2.29. The van der Waals surface area contributed by atoms with Crippen LogP contribution in [0.15, 0.2) is 24.4 Å². The molecule has 0 radical (unpaired) electrons. The zero-order valence-electron chi connectivity index (χ0n) is 18.5. The standard InChI is InChI=1S/C23H27F2N7O2/c24-14-3-1-4-15(25)19(14)30-23-29-17-11-27-22(28-16-5-2-6-18(16)33)31-21(17)32(23)13-9-7-12(8-10-13)20(26)34/h1,3-4,11-13,16,18,33H,2,5-10H2,(H2,26,34)(H,29,30)(H,27,28,31)/t12-,13+,16?,18-/m1/s1. The van der Waals surface area contributed by atoms with Gasteiger partial charge in [-0.15, -0.1) is 0 Å². The maximum atomic E-state index is 14.4. The number of imidazole rings is 1. The molecule has 5 N–H and O–H groups in total. The van der Waals surface area contributed by atoms with E-state index >= 15 is 0 Å². The molecule has 3 aromatic rings. The van der Waals surface area contributed by atoms with E-state index in [9.17, 15) is 18.7 Å². The molecule has 2 saturated carbocycles. The molecule has 0 aliphatic heterocycles. The number of hydrogen-bond donors (Lipinski definition) is 4. The van der Waals surface area contributed by atoms with Crippen LogP contribution in [0.3, 0.4) is 0 Å². The topological polar surface area (TPSA) is 131 Å². The molecule has 34 heavy (non-hydrogen) atoms. The molecule has 9 nitrogen and oxygen atoms in total. The number of rotatable bonds is 6. The zero-order chi connectivity index (χ0) is 23.8. The lowest BCUT2D eigenvalue weighted by atomic mass is 9.85. The number of fused-ring (bicyclic) bond motifs is 1. The highest BCUT2D eigenvalue weighted by Crippen LogP contribution is 2.37. The van der Waals surface area contributed by atoms with E-state index in [1.165, 1.54) is 18.2 Å². The number of carbonyl (C=O) groups excluding carboxylic acids is 1. The number of halogens is 2. The first kappa shape index (κ1) is 22.5. The van der Waals surface area contributed by atoms with Crippen LogP contribution >= 0.6 is 0 Å². The van der Waals surface area contributed by atoms with Crippen LogP contribution in [0.4, 0.5) is 26.4 Å². The van der Waals surface area contributed by atoms with Crippen molar-refractivity contribution >= 4 is 34.7 Å². The number of benzene rings is 1. The van der Waals surface area contributed by atoms with Crippen LogP contribution in [-0.4, -0.2) is 42.7 Å². The van der Waals surface area contributed by atoms with E-state index in [1.54, 1.807) is 6.20 Å². The first-order valence-electron chi connectivity index (χ1n) is 11.6. The van der Waals surface area contributed by atoms with E-state index in [2.05, 4.69) is 25.6 Å². The highest BCUT2D eigenvalue weighted by atomic mass is 19.1. The smallest absolute Gasteiger partial charge is 0.225 e. The number of nitrogens with zero attached hydrogens (tertiary/aromatic N) is 4. The van der Waals surface area contributed by atoms with Crippen molar-refractivity contribution in [1.29, 1.82) is 0 Å². The molecule has 11 heteroatoms. The van der Waals surface area contributed by atoms with Gasteiger partial charge >= 0.3 is 0 Å². The average molecular weight is 472 g/mol. The molecule has 1 amide bonds. The predicted octanol–water partition coefficient (Wildman–Crippen LogP) is 3.39. The first-order chi connectivity index (χ1) is 16.4. The van der Waals surface area contributed by atoms with Gasteiger partial charge in [-0.25, -0.2) is 18.7 Å². The van der Waals surface area contributed by atoms with Gasteiger partial charge in [0.1, 0.15) is 22.8 Å². The molecule has 0 spiro atoms. The quantitative estimate of drug-likeness (QED) is 0.433. The van der Waals surface area contributed by atoms with Gasteiger partial charge in [0, 0.05) is 12.0 Å². The van der Waals surface area contributed by atoms with E-state index in [1.807, 2.05) is 4.57 Å². The van der Waals surface area contributed by atoms with Crippen LogP contribution in [0, 0.1) is 17.6 Å². The Labute approximate surface area is 194 Å². The number of para-hydroxylation sites is 1. The summed E-state index contributed by atoms with van der Waals surface area (Å²) in [5, 5.41) is 16.2. The lowest BCUT2D eigenvalue weighted by Crippen LogP contribution is -2.29. The largest absolute Gasteiger partial charge is 0.391 e. The van der Waals surface area contributed by atoms with Crippen molar-refractivity contribution < 1.29 is 18.7 Å². The number of anilines is 3. The number of hydrogen-bond acceptors (Lipinski definition) is 7. The van der Waals surface area contributed by atoms with Crippen molar-refractivity contribution in [2.45, 2.75) is 63.1 Å². The molecule has 1 aromatic carbocycles. The third kappa shape index (κ3) is 4.27. The Balaban J connectivity index is 1.53. The number of nitrogens with two attached hydrogens (primary N) is 1. The summed E-state index contributed by atoms with van der Waals surface area (Å²) in [6, 6.07) is 3.41. The predicted molar refractivity (Wildman–Crippen MR) is 122 cm³/mol. The molecular formula is C23H27F2N7O2. The molecule has 1 unspecified atom stereocenters. The van der Waals surface area contributed by atoms with Gasteiger partial charge in [0.2, 0.25) is 17.8 Å². The molecule has 2 aliphatic rings. The maximum Gasteiger partial charge on any atom is 0.225 e. The van der Waals surface area contributed by atoms with Crippen molar-refractivity contribution in [2.24, 2.45) is 11.7 Å². The number of aliphatic hydroxyl groups excluding tert-OH is 1. The Morgan fingerprint density at radius 3 is 2.47 bits per heavy atom. The van der Waals surface area contributed by atoms with Crippen molar-refractivity contribution in [2.75, 3.05) is 10.6 Å². The molecule has 2 aliphatic carbocycles. The second-order valence-corrected chi connectivity index (χ2v) is 9.09. The Hall–Kier alpha value is -3.34. The zero-order valence-corrected chi connectivity index (χ0v) is 18.5. The summed E-state index contributed by atoms with van der Waals surface area (Å²) in [5.74, 6) is -1.38. The van der Waals surface area contributed by atoms with Gasteiger partial charge in [0.25, 0.3) is 0 Å². The summed E-state index contributed by atoms with van der Waals surface area (Å²) in [6.45, 7) is 0. The molecule has 0 saturated heterocycles. The summed E-state index contributed by atoms with van der Waals surface area (Å²) in [6.07, 6.45) is 6.06. The van der Waals surface area contributed by atoms with Crippen LogP contribution < -0.4 is 16.4 Å². The minimum atomic E-state index is -0.736. The SMILES string of the molecule is NC(=O)[C@H]1CC[C@@H](n2c(Nc3c(F)cccc3F)nc3cnc(NC4CCC[C@H]4O)nc32)CC1. The number of nitrogens with one attached hydrogen (secondary N) is 2. The lowest BCUT2D eigenvalue weighted by molar-refractivity contribution is -0.122. The molecule has 2 aromatic heterocycles. The fraction of sp³-hybridized carbons (Fsp3) is 0.478. The minimum Gasteiger partial charge on any atom is -0.391 e. The third-order valence-corrected chi connectivity index (χ3v) is 6.89. The van der Waals surface area contributed by atoms with Gasteiger partial charge in [0.05, 0.1) is 18.3 Å². The maximum absolute atomic E-state index is 14.4. The average Bonchev–Trinajstić information content (AvgIpc) is 3.39. The van der Waals surface area contributed by atoms with Crippen molar-refractivity contribution in [3.63, 3.8) is 0 Å². The summed E-state index contributed by atoms with van der Waals surface area (Å²) in [5.41, 5.74) is 6.17. The van der Waals surface area contributed by atoms with Gasteiger partial charge in [-0.2, -0.15) is 4.98 Å². The van der Waals surface area contributed by atoms with Crippen molar-refractivity contribution in [1.82, 2.24) is 19.5 Å². The molecule has 2 atom stereocenters. The van der Waals surface area contributed by atoms with Gasteiger partial charge in [-0.1, -0.05) is 6.07 Å². The molecular weight excluding hydrogens is 444 g/mol. The number of primary amides is 1. The Kier molecular flexibility index (Phi) is 6.03. The number of carbonyl (C=O) groups is 1. The first-order valence-corrected chi connectivity index (χ1v) is 11.6. The number of aliphatic hydroxyl groups is 1. The summed E-state index contributed by atoms with van der Waals surface area (Å²) in [4.78, 5) is 25.2. The summed E-state index contributed by atoms with van der Waals surface area (Å²) >= 11 is 0. The van der Waals surface area contributed by atoms with Crippen molar-refractivity contribution in [3.8, 4) is 0 Å². The van der Waals surface area contributed by atoms with Crippen LogP contribution in [-0.2, 0) is 4.79 Å². The van der Waals surface area contributed by atoms with E-state index < -0.39 is 17.7 Å². The Morgan fingerprint density at radius 1 is 1.09 bits per heavy atom. The van der Waals surface area contributed by atoms with Gasteiger partial charge < -0.3 is 21.5 Å². The van der Waals surface area contributed by atoms with Crippen LogP contribution in [0.25, 0.3) is 11.2 Å². The summed E-state index contributed by atoms with van der Waals surface area (Å²) < 4.78 is 30.6. The normalized spacial score (nSPS) is 24.9. The molecule has 180 valence electrons. The van der Waals surface area contributed by atoms with Crippen LogP contribution in [0.1, 0.15) is 51.0 Å². The fourth-order valence-electron chi connectivity index (χ4n) is 5.02. The second-order valence-electron chi connectivity index (χ2n) is 9.09. The van der Waals surface area contributed by atoms with E-state index in [-0.39, 0.29) is 35.5 Å². The van der Waals surface area contributed by atoms with Gasteiger partial charge in [-0.3, -0.25) is 9.36 Å². The van der Waals surface area contributed by atoms with Gasteiger partial charge in [0.15, 0.2) is 5.65 Å². The fourth-order valence-corrected chi connectivity index (χ4v) is 5.02. The summed E-state index contributed by atoms with van der Waals surface area (Å²) in [7, 11) is 0. The van der Waals surface area contributed by atoms with E-state index in [4.69, 9.17) is 5.73 Å². The van der Waals surface area contributed by atoms with Crippen molar-refractivity contribution in [3.05, 3.63) is 36.0 Å². The van der Waals surface area contributed by atoms with E-state index in [0.29, 0.717) is 42.8 Å². The monoisotopic (exact) mass is 471 g/mol. The van der Waals surface area contributed by atoms with Crippen LogP contribution in [0.5, 0.6) is 0 Å². The molecule has 5 rings (SSSR count). The van der Waals surface area contributed by atoms with Crippen LogP contribution in [0.2, 0.25) is 0 Å². The number of amides is 1. The highest BCUT2D eigenvalue weighted by molar-refractivity contribution is 5.78. The number of aromatic nitrogens is 4. The third-order valence-electron chi connectivity index (χ3n) is 6.89. The minimum absolute atomic E-state index is 0.0993. The Morgan fingerprint density at radius 2 is 1.82 bits per heavy atom. The molecule has 2 heterocycles. The molecule has 2 fully saturated rings.